The highest BCUT2D eigenvalue weighted by atomic mass is 79.9. The number of hydrogen-bond acceptors (Lipinski definition) is 3. The summed E-state index contributed by atoms with van der Waals surface area (Å²) in [5, 5.41) is 12.1. The molecule has 0 fully saturated rings. The van der Waals surface area contributed by atoms with Gasteiger partial charge in [0, 0.05) is 5.69 Å². The van der Waals surface area contributed by atoms with Gasteiger partial charge in [-0.25, -0.2) is 9.78 Å². The summed E-state index contributed by atoms with van der Waals surface area (Å²) in [6.45, 7) is 0.476. The van der Waals surface area contributed by atoms with Crippen LogP contribution in [0.25, 0.3) is 0 Å². The van der Waals surface area contributed by atoms with Crippen molar-refractivity contribution < 1.29 is 9.90 Å². The van der Waals surface area contributed by atoms with Gasteiger partial charge in [-0.05, 0) is 40.2 Å². The average molecular weight is 307 g/mol. The molecule has 2 rings (SSSR count). The van der Waals surface area contributed by atoms with Crippen LogP contribution in [-0.2, 0) is 6.54 Å². The molecule has 1 heterocycles. The van der Waals surface area contributed by atoms with E-state index < -0.39 is 5.97 Å². The van der Waals surface area contributed by atoms with Crippen LogP contribution in [0.4, 0.5) is 5.69 Å². The highest BCUT2D eigenvalue weighted by molar-refractivity contribution is 9.10. The first kappa shape index (κ1) is 12.6. The Kier molecular flexibility index (Phi) is 3.94. The zero-order chi connectivity index (χ0) is 13.0. The second-order valence-corrected chi connectivity index (χ2v) is 4.47. The quantitative estimate of drug-likeness (QED) is 0.852. The monoisotopic (exact) mass is 306 g/mol. The molecule has 0 aliphatic rings. The van der Waals surface area contributed by atoms with Crippen LogP contribution < -0.4 is 5.32 Å². The van der Waals surface area contributed by atoms with E-state index in [1.165, 1.54) is 0 Å². The summed E-state index contributed by atoms with van der Waals surface area (Å²) in [6.07, 6.45) is 0. The molecule has 0 radical (unpaired) electrons. The third-order valence-electron chi connectivity index (χ3n) is 2.39. The third kappa shape index (κ3) is 3.07. The number of carboxylic acid groups (broad SMARTS) is 1. The van der Waals surface area contributed by atoms with Gasteiger partial charge in [-0.3, -0.25) is 0 Å². The molecule has 18 heavy (non-hydrogen) atoms. The Hall–Kier alpha value is -1.88. The van der Waals surface area contributed by atoms with Crippen molar-refractivity contribution in [1.82, 2.24) is 4.98 Å². The fraction of sp³-hybridized carbons (Fsp3) is 0.0769. The molecule has 1 aromatic heterocycles. The van der Waals surface area contributed by atoms with Gasteiger partial charge in [0.2, 0.25) is 0 Å². The molecule has 5 heteroatoms. The second kappa shape index (κ2) is 5.64. The van der Waals surface area contributed by atoms with E-state index in [-0.39, 0.29) is 5.56 Å². The number of carbonyl (C=O) groups is 1. The molecule has 0 saturated carbocycles. The van der Waals surface area contributed by atoms with Gasteiger partial charge in [-0.1, -0.05) is 18.2 Å². The number of pyridine rings is 1. The van der Waals surface area contributed by atoms with Crippen LogP contribution in [0.1, 0.15) is 16.1 Å². The predicted molar refractivity (Wildman–Crippen MR) is 72.7 cm³/mol. The van der Waals surface area contributed by atoms with E-state index in [0.717, 1.165) is 10.3 Å². The van der Waals surface area contributed by atoms with E-state index in [4.69, 9.17) is 5.11 Å². The summed E-state index contributed by atoms with van der Waals surface area (Å²) in [4.78, 5) is 15.3. The topological polar surface area (TPSA) is 62.2 Å². The van der Waals surface area contributed by atoms with Gasteiger partial charge in [-0.15, -0.1) is 0 Å². The molecule has 0 amide bonds. The lowest BCUT2D eigenvalue weighted by Gasteiger charge is -2.09. The maximum Gasteiger partial charge on any atom is 0.337 e. The van der Waals surface area contributed by atoms with E-state index in [0.29, 0.717) is 12.2 Å². The summed E-state index contributed by atoms with van der Waals surface area (Å²) in [5.74, 6) is -0.944. The molecule has 0 saturated heterocycles. The Morgan fingerprint density at radius 3 is 2.72 bits per heavy atom. The molecule has 92 valence electrons. The normalized spacial score (nSPS) is 10.1. The van der Waals surface area contributed by atoms with Gasteiger partial charge in [-0.2, -0.15) is 0 Å². The number of nitrogens with zero attached hydrogens (tertiary/aromatic N) is 1. The van der Waals surface area contributed by atoms with Crippen molar-refractivity contribution in [3.05, 3.63) is 58.3 Å². The van der Waals surface area contributed by atoms with E-state index in [2.05, 4.69) is 26.2 Å². The number of halogens is 1. The van der Waals surface area contributed by atoms with Gasteiger partial charge in [0.25, 0.3) is 0 Å². The number of carboxylic acids is 1. The summed E-state index contributed by atoms with van der Waals surface area (Å²) in [7, 11) is 0. The zero-order valence-electron chi connectivity index (χ0n) is 9.43. The van der Waals surface area contributed by atoms with Crippen LogP contribution in [0, 0.1) is 0 Å². The fourth-order valence-corrected chi connectivity index (χ4v) is 1.94. The SMILES string of the molecule is O=C(O)c1ccccc1NCc1cccc(Br)n1. The third-order valence-corrected chi connectivity index (χ3v) is 2.83. The van der Waals surface area contributed by atoms with Crippen molar-refractivity contribution in [3.63, 3.8) is 0 Å². The highest BCUT2D eigenvalue weighted by Gasteiger charge is 2.08. The lowest BCUT2D eigenvalue weighted by molar-refractivity contribution is 0.0698. The first-order valence-corrected chi connectivity index (χ1v) is 6.14. The Morgan fingerprint density at radius 2 is 2.00 bits per heavy atom. The first-order valence-electron chi connectivity index (χ1n) is 5.34. The number of aromatic nitrogens is 1. The minimum atomic E-state index is -0.944. The molecule has 0 atom stereocenters. The standard InChI is InChI=1S/C13H11BrN2O2/c14-12-7-3-4-9(16-12)8-15-11-6-2-1-5-10(11)13(17)18/h1-7,15H,8H2,(H,17,18). The molecule has 0 unspecified atom stereocenters. The molecule has 0 aliphatic carbocycles. The summed E-state index contributed by atoms with van der Waals surface area (Å²) >= 11 is 3.29. The average Bonchev–Trinajstić information content (AvgIpc) is 2.37. The molecule has 1 aromatic carbocycles. The van der Waals surface area contributed by atoms with Crippen molar-refractivity contribution in [3.8, 4) is 0 Å². The van der Waals surface area contributed by atoms with Crippen LogP contribution in [0.5, 0.6) is 0 Å². The van der Waals surface area contributed by atoms with Crippen molar-refractivity contribution in [2.45, 2.75) is 6.54 Å². The Balaban J connectivity index is 2.13. The van der Waals surface area contributed by atoms with Crippen molar-refractivity contribution in [2.24, 2.45) is 0 Å². The van der Waals surface area contributed by atoms with E-state index in [1.807, 2.05) is 18.2 Å². The van der Waals surface area contributed by atoms with Crippen LogP contribution in [0.3, 0.4) is 0 Å². The first-order chi connectivity index (χ1) is 8.66. The summed E-state index contributed by atoms with van der Waals surface area (Å²) in [6, 6.07) is 12.4. The molecular weight excluding hydrogens is 296 g/mol. The van der Waals surface area contributed by atoms with Gasteiger partial charge in [0.05, 0.1) is 17.8 Å². The number of aromatic carboxylic acids is 1. The van der Waals surface area contributed by atoms with Crippen LogP contribution in [0.2, 0.25) is 0 Å². The summed E-state index contributed by atoms with van der Waals surface area (Å²) < 4.78 is 0.758. The van der Waals surface area contributed by atoms with Crippen molar-refractivity contribution in [2.75, 3.05) is 5.32 Å². The van der Waals surface area contributed by atoms with Crippen LogP contribution in [0.15, 0.2) is 47.1 Å². The largest absolute Gasteiger partial charge is 0.478 e. The Morgan fingerprint density at radius 1 is 1.22 bits per heavy atom. The maximum absolute atomic E-state index is 11.0. The second-order valence-electron chi connectivity index (χ2n) is 3.66. The smallest absolute Gasteiger partial charge is 0.337 e. The van der Waals surface area contributed by atoms with Crippen LogP contribution >= 0.6 is 15.9 Å². The highest BCUT2D eigenvalue weighted by Crippen LogP contribution is 2.16. The maximum atomic E-state index is 11.0. The molecule has 2 N–H and O–H groups in total. The number of para-hydroxylation sites is 1. The lowest BCUT2D eigenvalue weighted by Crippen LogP contribution is -2.07. The van der Waals surface area contributed by atoms with Gasteiger partial charge >= 0.3 is 5.97 Å². The molecule has 2 aromatic rings. The minimum Gasteiger partial charge on any atom is -0.478 e. The number of nitrogens with one attached hydrogen (secondary N) is 1. The van der Waals surface area contributed by atoms with E-state index in [1.54, 1.807) is 24.3 Å². The number of anilines is 1. The van der Waals surface area contributed by atoms with Crippen LogP contribution in [-0.4, -0.2) is 16.1 Å². The fourth-order valence-electron chi connectivity index (χ4n) is 1.56. The van der Waals surface area contributed by atoms with Crippen molar-refractivity contribution in [1.29, 1.82) is 0 Å². The lowest BCUT2D eigenvalue weighted by atomic mass is 10.2. The zero-order valence-corrected chi connectivity index (χ0v) is 11.0. The Labute approximate surface area is 113 Å². The molecule has 0 spiro atoms. The van der Waals surface area contributed by atoms with E-state index in [9.17, 15) is 4.79 Å². The minimum absolute atomic E-state index is 0.257. The van der Waals surface area contributed by atoms with E-state index >= 15 is 0 Å². The Bertz CT molecular complexity index is 572. The molecule has 0 bridgehead atoms. The summed E-state index contributed by atoms with van der Waals surface area (Å²) in [5.41, 5.74) is 1.68. The number of hydrogen-bond donors (Lipinski definition) is 2. The number of rotatable bonds is 4. The molecule has 4 nitrogen and oxygen atoms in total. The van der Waals surface area contributed by atoms with Crippen molar-refractivity contribution >= 4 is 27.6 Å². The molecule has 0 aliphatic heterocycles. The van der Waals surface area contributed by atoms with Gasteiger partial charge in [0.1, 0.15) is 4.60 Å². The van der Waals surface area contributed by atoms with Gasteiger partial charge < -0.3 is 10.4 Å². The van der Waals surface area contributed by atoms with Gasteiger partial charge in [0.15, 0.2) is 0 Å². The molecular formula is C13H11BrN2O2. The predicted octanol–water partition coefficient (Wildman–Crippen LogP) is 3.15. The number of benzene rings is 1.